The molecular weight excluding hydrogens is 250 g/mol. The number of pyridine rings is 1. The van der Waals surface area contributed by atoms with Gasteiger partial charge >= 0.3 is 0 Å². The van der Waals surface area contributed by atoms with Gasteiger partial charge in [-0.1, -0.05) is 13.0 Å². The Bertz CT molecular complexity index is 519. The summed E-state index contributed by atoms with van der Waals surface area (Å²) >= 11 is 0. The van der Waals surface area contributed by atoms with Crippen LogP contribution in [0.15, 0.2) is 34.9 Å². The van der Waals surface area contributed by atoms with E-state index in [1.165, 1.54) is 5.56 Å². The van der Waals surface area contributed by atoms with Crippen LogP contribution in [0.1, 0.15) is 30.4 Å². The van der Waals surface area contributed by atoms with Gasteiger partial charge in [0.1, 0.15) is 17.3 Å². The summed E-state index contributed by atoms with van der Waals surface area (Å²) in [6.07, 6.45) is 3.08. The molecule has 0 saturated carbocycles. The Hall–Kier alpha value is -1.81. The molecule has 0 aliphatic carbocycles. The molecule has 2 heterocycles. The molecule has 2 aromatic heterocycles. The lowest BCUT2D eigenvalue weighted by molar-refractivity contribution is 0.481. The van der Waals surface area contributed by atoms with E-state index in [1.54, 1.807) is 0 Å². The highest BCUT2D eigenvalue weighted by Crippen LogP contribution is 2.14. The third-order valence-corrected chi connectivity index (χ3v) is 3.15. The van der Waals surface area contributed by atoms with Crippen molar-refractivity contribution in [3.8, 4) is 0 Å². The monoisotopic (exact) mass is 273 g/mol. The molecule has 0 radical (unpaired) electrons. The first-order valence-corrected chi connectivity index (χ1v) is 7.11. The summed E-state index contributed by atoms with van der Waals surface area (Å²) < 4.78 is 5.59. The molecule has 0 atom stereocenters. The normalized spacial score (nSPS) is 10.8. The van der Waals surface area contributed by atoms with E-state index in [2.05, 4.69) is 34.3 Å². The van der Waals surface area contributed by atoms with Crippen LogP contribution in [0.2, 0.25) is 0 Å². The van der Waals surface area contributed by atoms with Crippen molar-refractivity contribution in [2.75, 3.05) is 18.5 Å². The number of furan rings is 1. The highest BCUT2D eigenvalue weighted by atomic mass is 16.3. The lowest BCUT2D eigenvalue weighted by Gasteiger charge is -2.17. The summed E-state index contributed by atoms with van der Waals surface area (Å²) in [6.45, 7) is 6.77. The van der Waals surface area contributed by atoms with E-state index in [9.17, 15) is 0 Å². The molecule has 0 saturated heterocycles. The van der Waals surface area contributed by atoms with Crippen molar-refractivity contribution in [1.29, 1.82) is 0 Å². The van der Waals surface area contributed by atoms with Crippen LogP contribution in [0.4, 0.5) is 5.82 Å². The number of hydrogen-bond donors (Lipinski definition) is 1. The highest BCUT2D eigenvalue weighted by Gasteiger charge is 2.06. The molecular formula is C16H23N3O. The van der Waals surface area contributed by atoms with E-state index in [0.29, 0.717) is 0 Å². The number of nitrogens with zero attached hydrogens (tertiary/aromatic N) is 2. The Morgan fingerprint density at radius 2 is 2.10 bits per heavy atom. The SMILES string of the molecule is CCCNCc1ccc(N(C)Cc2ccc(C)o2)nc1. The molecule has 2 rings (SSSR count). The van der Waals surface area contributed by atoms with Crippen LogP contribution < -0.4 is 10.2 Å². The molecule has 2 aromatic rings. The fourth-order valence-corrected chi connectivity index (χ4v) is 2.04. The Morgan fingerprint density at radius 1 is 1.25 bits per heavy atom. The second kappa shape index (κ2) is 7.10. The Morgan fingerprint density at radius 3 is 2.70 bits per heavy atom. The van der Waals surface area contributed by atoms with Crippen molar-refractivity contribution in [3.05, 3.63) is 47.5 Å². The van der Waals surface area contributed by atoms with E-state index >= 15 is 0 Å². The first-order valence-electron chi connectivity index (χ1n) is 7.11. The lowest BCUT2D eigenvalue weighted by Crippen LogP contribution is -2.18. The molecule has 0 unspecified atom stereocenters. The minimum atomic E-state index is 0.730. The van der Waals surface area contributed by atoms with Gasteiger partial charge in [-0.3, -0.25) is 0 Å². The number of hydrogen-bond acceptors (Lipinski definition) is 4. The molecule has 0 aromatic carbocycles. The minimum absolute atomic E-state index is 0.730. The third kappa shape index (κ3) is 4.10. The fraction of sp³-hybridized carbons (Fsp3) is 0.438. The largest absolute Gasteiger partial charge is 0.464 e. The average Bonchev–Trinajstić information content (AvgIpc) is 2.85. The van der Waals surface area contributed by atoms with E-state index in [1.807, 2.05) is 32.3 Å². The molecule has 108 valence electrons. The summed E-state index contributed by atoms with van der Waals surface area (Å²) in [5.41, 5.74) is 1.21. The zero-order valence-electron chi connectivity index (χ0n) is 12.5. The second-order valence-corrected chi connectivity index (χ2v) is 5.07. The maximum Gasteiger partial charge on any atom is 0.128 e. The topological polar surface area (TPSA) is 41.3 Å². The Kier molecular flexibility index (Phi) is 5.18. The standard InChI is InChI=1S/C16H23N3O/c1-4-9-17-10-14-6-8-16(18-11-14)19(3)12-15-7-5-13(2)20-15/h5-8,11,17H,4,9-10,12H2,1-3H3. The smallest absolute Gasteiger partial charge is 0.128 e. The first-order chi connectivity index (χ1) is 9.69. The van der Waals surface area contributed by atoms with Gasteiger partial charge in [0.15, 0.2) is 0 Å². The zero-order chi connectivity index (χ0) is 14.4. The van der Waals surface area contributed by atoms with Crippen LogP contribution in [0, 0.1) is 6.92 Å². The van der Waals surface area contributed by atoms with Gasteiger partial charge in [0.05, 0.1) is 6.54 Å². The Balaban J connectivity index is 1.91. The van der Waals surface area contributed by atoms with Crippen molar-refractivity contribution in [2.24, 2.45) is 0 Å². The maximum absolute atomic E-state index is 5.59. The summed E-state index contributed by atoms with van der Waals surface area (Å²) in [5, 5.41) is 3.37. The van der Waals surface area contributed by atoms with E-state index < -0.39 is 0 Å². The van der Waals surface area contributed by atoms with Gasteiger partial charge in [0.25, 0.3) is 0 Å². The van der Waals surface area contributed by atoms with Crippen LogP contribution in [-0.2, 0) is 13.1 Å². The van der Waals surface area contributed by atoms with Gasteiger partial charge in [-0.05, 0) is 43.7 Å². The fourth-order valence-electron chi connectivity index (χ4n) is 2.04. The van der Waals surface area contributed by atoms with E-state index in [4.69, 9.17) is 4.42 Å². The third-order valence-electron chi connectivity index (χ3n) is 3.15. The van der Waals surface area contributed by atoms with Crippen LogP contribution in [0.5, 0.6) is 0 Å². The summed E-state index contributed by atoms with van der Waals surface area (Å²) in [5.74, 6) is 2.86. The van der Waals surface area contributed by atoms with Crippen molar-refractivity contribution >= 4 is 5.82 Å². The van der Waals surface area contributed by atoms with Crippen LogP contribution >= 0.6 is 0 Å². The number of nitrogens with one attached hydrogen (secondary N) is 1. The number of aromatic nitrogens is 1. The average molecular weight is 273 g/mol. The van der Waals surface area contributed by atoms with Crippen molar-refractivity contribution in [2.45, 2.75) is 33.4 Å². The summed E-state index contributed by atoms with van der Waals surface area (Å²) in [4.78, 5) is 6.59. The van der Waals surface area contributed by atoms with Gasteiger partial charge in [-0.25, -0.2) is 4.98 Å². The second-order valence-electron chi connectivity index (χ2n) is 5.07. The number of rotatable bonds is 7. The minimum Gasteiger partial charge on any atom is -0.464 e. The quantitative estimate of drug-likeness (QED) is 0.787. The van der Waals surface area contributed by atoms with Gasteiger partial charge < -0.3 is 14.6 Å². The summed E-state index contributed by atoms with van der Waals surface area (Å²) in [6, 6.07) is 8.17. The molecule has 1 N–H and O–H groups in total. The van der Waals surface area contributed by atoms with Crippen molar-refractivity contribution in [1.82, 2.24) is 10.3 Å². The number of aryl methyl sites for hydroxylation is 1. The summed E-state index contributed by atoms with van der Waals surface area (Å²) in [7, 11) is 2.02. The molecule has 0 bridgehead atoms. The number of anilines is 1. The van der Waals surface area contributed by atoms with Gasteiger partial charge in [-0.2, -0.15) is 0 Å². The lowest BCUT2D eigenvalue weighted by atomic mass is 10.2. The molecule has 0 aliphatic rings. The van der Waals surface area contributed by atoms with E-state index in [-0.39, 0.29) is 0 Å². The van der Waals surface area contributed by atoms with Crippen LogP contribution in [0.3, 0.4) is 0 Å². The Labute approximate surface area is 120 Å². The highest BCUT2D eigenvalue weighted by molar-refractivity contribution is 5.38. The zero-order valence-corrected chi connectivity index (χ0v) is 12.5. The van der Waals surface area contributed by atoms with Crippen molar-refractivity contribution < 1.29 is 4.42 Å². The molecule has 0 fully saturated rings. The molecule has 0 spiro atoms. The van der Waals surface area contributed by atoms with Crippen molar-refractivity contribution in [3.63, 3.8) is 0 Å². The van der Waals surface area contributed by atoms with Gasteiger partial charge in [0.2, 0.25) is 0 Å². The predicted molar refractivity (Wildman–Crippen MR) is 81.8 cm³/mol. The van der Waals surface area contributed by atoms with Crippen LogP contribution in [-0.4, -0.2) is 18.6 Å². The van der Waals surface area contributed by atoms with Gasteiger partial charge in [0, 0.05) is 19.8 Å². The molecule has 4 heteroatoms. The molecule has 20 heavy (non-hydrogen) atoms. The maximum atomic E-state index is 5.59. The molecule has 4 nitrogen and oxygen atoms in total. The predicted octanol–water partition coefficient (Wildman–Crippen LogP) is 3.12. The van der Waals surface area contributed by atoms with Gasteiger partial charge in [-0.15, -0.1) is 0 Å². The first kappa shape index (κ1) is 14.6. The van der Waals surface area contributed by atoms with Crippen LogP contribution in [0.25, 0.3) is 0 Å². The molecule has 0 aliphatic heterocycles. The molecule has 0 amide bonds. The van der Waals surface area contributed by atoms with E-state index in [0.717, 1.165) is 43.4 Å².